The fourth-order valence-corrected chi connectivity index (χ4v) is 1.78. The van der Waals surface area contributed by atoms with Crippen molar-refractivity contribution < 1.29 is 5.11 Å². The third-order valence-corrected chi connectivity index (χ3v) is 2.76. The van der Waals surface area contributed by atoms with Crippen LogP contribution in [0.3, 0.4) is 0 Å². The van der Waals surface area contributed by atoms with E-state index in [0.29, 0.717) is 6.54 Å². The van der Waals surface area contributed by atoms with E-state index in [-0.39, 0.29) is 0 Å². The van der Waals surface area contributed by atoms with Crippen molar-refractivity contribution in [3.8, 4) is 0 Å². The van der Waals surface area contributed by atoms with E-state index in [2.05, 4.69) is 24.1 Å². The van der Waals surface area contributed by atoms with Gasteiger partial charge in [0, 0.05) is 25.5 Å². The van der Waals surface area contributed by atoms with Crippen LogP contribution in [0.2, 0.25) is 0 Å². The molecule has 0 bridgehead atoms. The Balaban J connectivity index is 2.39. The molecule has 0 fully saturated rings. The minimum atomic E-state index is -0.606. The first-order chi connectivity index (χ1) is 7.55. The molecule has 0 aliphatic rings. The molecule has 0 aliphatic heterocycles. The van der Waals surface area contributed by atoms with Gasteiger partial charge in [0.2, 0.25) is 0 Å². The minimum Gasteiger partial charge on any atom is -0.389 e. The molecule has 0 spiro atoms. The summed E-state index contributed by atoms with van der Waals surface area (Å²) in [5, 5.41) is 13.3. The number of pyridine rings is 1. The summed E-state index contributed by atoms with van der Waals surface area (Å²) in [4.78, 5) is 4.09. The Hall–Kier alpha value is -0.930. The summed E-state index contributed by atoms with van der Waals surface area (Å²) in [6, 6.07) is 2.00. The maximum atomic E-state index is 9.98. The van der Waals surface area contributed by atoms with Gasteiger partial charge in [-0.2, -0.15) is 0 Å². The van der Waals surface area contributed by atoms with Crippen LogP contribution in [0.4, 0.5) is 0 Å². The van der Waals surface area contributed by atoms with Gasteiger partial charge in [-0.25, -0.2) is 0 Å². The lowest BCUT2D eigenvalue weighted by Crippen LogP contribution is -2.37. The summed E-state index contributed by atoms with van der Waals surface area (Å²) < 4.78 is 0. The summed E-state index contributed by atoms with van der Waals surface area (Å²) in [6.45, 7) is 7.41. The maximum absolute atomic E-state index is 9.98. The van der Waals surface area contributed by atoms with Gasteiger partial charge < -0.3 is 10.4 Å². The zero-order valence-corrected chi connectivity index (χ0v) is 10.5. The molecule has 0 saturated heterocycles. The molecular weight excluding hydrogens is 200 g/mol. The number of rotatable bonds is 6. The fraction of sp³-hybridized carbons (Fsp3) is 0.615. The quantitative estimate of drug-likeness (QED) is 0.774. The number of hydrogen-bond acceptors (Lipinski definition) is 3. The molecule has 0 saturated carbocycles. The first kappa shape index (κ1) is 13.1. The van der Waals surface area contributed by atoms with Gasteiger partial charge in [0.05, 0.1) is 5.60 Å². The highest BCUT2D eigenvalue weighted by Crippen LogP contribution is 2.11. The van der Waals surface area contributed by atoms with Crippen LogP contribution in [0.15, 0.2) is 18.5 Å². The van der Waals surface area contributed by atoms with E-state index in [1.54, 1.807) is 6.20 Å². The number of nitrogens with zero attached hydrogens (tertiary/aromatic N) is 1. The molecule has 1 unspecified atom stereocenters. The van der Waals surface area contributed by atoms with Crippen molar-refractivity contribution in [2.24, 2.45) is 0 Å². The predicted octanol–water partition coefficient (Wildman–Crippen LogP) is 2.03. The zero-order chi connectivity index (χ0) is 12.0. The third-order valence-electron chi connectivity index (χ3n) is 2.76. The minimum absolute atomic E-state index is 0.606. The van der Waals surface area contributed by atoms with Gasteiger partial charge in [-0.1, -0.05) is 13.3 Å². The van der Waals surface area contributed by atoms with Crippen molar-refractivity contribution in [1.82, 2.24) is 10.3 Å². The molecule has 3 heteroatoms. The molecule has 1 rings (SSSR count). The standard InChI is InChI=1S/C13H22N2O/c1-4-6-13(3,16)10-15-9-12-8-14-7-5-11(12)2/h5,7-8,15-16H,4,6,9-10H2,1-3H3. The molecular formula is C13H22N2O. The number of aryl methyl sites for hydroxylation is 1. The number of nitrogens with one attached hydrogen (secondary N) is 1. The Morgan fingerprint density at radius 3 is 2.88 bits per heavy atom. The summed E-state index contributed by atoms with van der Waals surface area (Å²) >= 11 is 0. The van der Waals surface area contributed by atoms with Crippen molar-refractivity contribution in [2.75, 3.05) is 6.54 Å². The topological polar surface area (TPSA) is 45.1 Å². The fourth-order valence-electron chi connectivity index (χ4n) is 1.78. The SMILES string of the molecule is CCCC(C)(O)CNCc1cnccc1C. The van der Waals surface area contributed by atoms with E-state index in [4.69, 9.17) is 0 Å². The average Bonchev–Trinajstić information content (AvgIpc) is 2.20. The summed E-state index contributed by atoms with van der Waals surface area (Å²) in [5.74, 6) is 0. The highest BCUT2D eigenvalue weighted by atomic mass is 16.3. The van der Waals surface area contributed by atoms with Crippen LogP contribution in [0, 0.1) is 6.92 Å². The first-order valence-electron chi connectivity index (χ1n) is 5.88. The van der Waals surface area contributed by atoms with Crippen LogP contribution < -0.4 is 5.32 Å². The van der Waals surface area contributed by atoms with Gasteiger partial charge in [-0.05, 0) is 37.5 Å². The second-order valence-electron chi connectivity index (χ2n) is 4.65. The van der Waals surface area contributed by atoms with E-state index >= 15 is 0 Å². The lowest BCUT2D eigenvalue weighted by Gasteiger charge is -2.23. The normalized spacial score (nSPS) is 14.8. The molecule has 0 amide bonds. The number of aromatic nitrogens is 1. The first-order valence-corrected chi connectivity index (χ1v) is 5.88. The van der Waals surface area contributed by atoms with Gasteiger partial charge >= 0.3 is 0 Å². The molecule has 1 heterocycles. The maximum Gasteiger partial charge on any atom is 0.0743 e. The molecule has 1 atom stereocenters. The molecule has 0 aliphatic carbocycles. The zero-order valence-electron chi connectivity index (χ0n) is 10.5. The van der Waals surface area contributed by atoms with Gasteiger partial charge in [0.25, 0.3) is 0 Å². The van der Waals surface area contributed by atoms with E-state index in [9.17, 15) is 5.11 Å². The third kappa shape index (κ3) is 4.29. The second kappa shape index (κ2) is 5.97. The van der Waals surface area contributed by atoms with Crippen molar-refractivity contribution in [2.45, 2.75) is 45.8 Å². The Bertz CT molecular complexity index is 323. The summed E-state index contributed by atoms with van der Waals surface area (Å²) in [7, 11) is 0. The Morgan fingerprint density at radius 2 is 2.25 bits per heavy atom. The van der Waals surface area contributed by atoms with E-state index in [1.165, 1.54) is 11.1 Å². The van der Waals surface area contributed by atoms with Crippen molar-refractivity contribution in [1.29, 1.82) is 0 Å². The Kier molecular flexibility index (Phi) is 4.90. The molecule has 0 radical (unpaired) electrons. The van der Waals surface area contributed by atoms with Crippen molar-refractivity contribution in [3.63, 3.8) is 0 Å². The average molecular weight is 222 g/mol. The van der Waals surface area contributed by atoms with Crippen LogP contribution in [0.5, 0.6) is 0 Å². The highest BCUT2D eigenvalue weighted by Gasteiger charge is 2.17. The Labute approximate surface area is 97.9 Å². The summed E-state index contributed by atoms with van der Waals surface area (Å²) in [5.41, 5.74) is 1.82. The van der Waals surface area contributed by atoms with Gasteiger partial charge in [0.1, 0.15) is 0 Å². The Morgan fingerprint density at radius 1 is 1.50 bits per heavy atom. The molecule has 2 N–H and O–H groups in total. The molecule has 1 aromatic heterocycles. The predicted molar refractivity (Wildman–Crippen MR) is 66.2 cm³/mol. The van der Waals surface area contributed by atoms with Crippen molar-refractivity contribution in [3.05, 3.63) is 29.6 Å². The molecule has 90 valence electrons. The summed E-state index contributed by atoms with van der Waals surface area (Å²) in [6.07, 6.45) is 5.50. The van der Waals surface area contributed by atoms with Gasteiger partial charge in [-0.15, -0.1) is 0 Å². The lowest BCUT2D eigenvalue weighted by atomic mass is 10.0. The monoisotopic (exact) mass is 222 g/mol. The van der Waals surface area contributed by atoms with Crippen LogP contribution in [-0.4, -0.2) is 22.2 Å². The number of hydrogen-bond donors (Lipinski definition) is 2. The second-order valence-corrected chi connectivity index (χ2v) is 4.65. The van der Waals surface area contributed by atoms with E-state index in [0.717, 1.165) is 19.4 Å². The lowest BCUT2D eigenvalue weighted by molar-refractivity contribution is 0.0498. The van der Waals surface area contributed by atoms with Crippen LogP contribution in [0.25, 0.3) is 0 Å². The van der Waals surface area contributed by atoms with Crippen molar-refractivity contribution >= 4 is 0 Å². The van der Waals surface area contributed by atoms with Gasteiger partial charge in [-0.3, -0.25) is 4.98 Å². The highest BCUT2D eigenvalue weighted by molar-refractivity contribution is 5.20. The smallest absolute Gasteiger partial charge is 0.0743 e. The van der Waals surface area contributed by atoms with Crippen LogP contribution in [-0.2, 0) is 6.54 Å². The van der Waals surface area contributed by atoms with E-state index in [1.807, 2.05) is 19.2 Å². The van der Waals surface area contributed by atoms with Gasteiger partial charge in [0.15, 0.2) is 0 Å². The number of aliphatic hydroxyl groups is 1. The molecule has 3 nitrogen and oxygen atoms in total. The molecule has 1 aromatic rings. The van der Waals surface area contributed by atoms with E-state index < -0.39 is 5.60 Å². The molecule has 0 aromatic carbocycles. The molecule has 16 heavy (non-hydrogen) atoms. The van der Waals surface area contributed by atoms with Crippen LogP contribution >= 0.6 is 0 Å². The van der Waals surface area contributed by atoms with Crippen LogP contribution in [0.1, 0.15) is 37.8 Å². The largest absolute Gasteiger partial charge is 0.389 e.